The van der Waals surface area contributed by atoms with Gasteiger partial charge in [-0.25, -0.2) is 15.0 Å². The van der Waals surface area contributed by atoms with E-state index in [0.29, 0.717) is 35.3 Å². The number of benzene rings is 1. The number of pyridine rings is 1. The average Bonchev–Trinajstić information content (AvgIpc) is 3.38. The van der Waals surface area contributed by atoms with Crippen LogP contribution >= 0.6 is 11.6 Å². The number of amides is 2. The smallest absolute Gasteiger partial charge is 0.270 e. The van der Waals surface area contributed by atoms with E-state index in [4.69, 9.17) is 16.6 Å². The Labute approximate surface area is 250 Å². The molecule has 4 aromatic rings. The number of rotatable bonds is 9. The third-order valence-corrected chi connectivity index (χ3v) is 7.60. The van der Waals surface area contributed by atoms with Gasteiger partial charge in [-0.3, -0.25) is 9.59 Å². The first-order valence-corrected chi connectivity index (χ1v) is 14.3. The van der Waals surface area contributed by atoms with Gasteiger partial charge in [-0.2, -0.15) is 0 Å². The SMILES string of the molecule is CN(C)C/C=C\C(=O)Nc1ccc(C(=O)N[C@@]2(C)CCC[C@H](Nc3ncc(Cl)c(-c4c[nH]c5ccccc45)n3)C2)nc1. The average molecular weight is 587 g/mol. The molecular formula is C31H35ClN8O2. The Morgan fingerprint density at radius 3 is 2.79 bits per heavy atom. The van der Waals surface area contributed by atoms with Crippen molar-refractivity contribution < 1.29 is 9.59 Å². The molecule has 0 unspecified atom stereocenters. The normalized spacial score (nSPS) is 18.8. The summed E-state index contributed by atoms with van der Waals surface area (Å²) >= 11 is 6.51. The number of carbonyl (C=O) groups excluding carboxylic acids is 2. The molecule has 0 radical (unpaired) electrons. The lowest BCUT2D eigenvalue weighted by atomic mass is 9.80. The van der Waals surface area contributed by atoms with Crippen LogP contribution in [0.5, 0.6) is 0 Å². The Morgan fingerprint density at radius 2 is 2.00 bits per heavy atom. The monoisotopic (exact) mass is 586 g/mol. The summed E-state index contributed by atoms with van der Waals surface area (Å²) in [6.45, 7) is 2.71. The van der Waals surface area contributed by atoms with Crippen LogP contribution in [0.2, 0.25) is 5.02 Å². The molecule has 4 N–H and O–H groups in total. The van der Waals surface area contributed by atoms with Crippen LogP contribution in [-0.2, 0) is 4.79 Å². The van der Waals surface area contributed by atoms with Crippen LogP contribution in [0.4, 0.5) is 11.6 Å². The number of halogens is 1. The summed E-state index contributed by atoms with van der Waals surface area (Å²) in [6.07, 6.45) is 11.7. The molecule has 1 saturated carbocycles. The van der Waals surface area contributed by atoms with Gasteiger partial charge in [-0.05, 0) is 64.9 Å². The number of carbonyl (C=O) groups is 2. The number of anilines is 2. The summed E-state index contributed by atoms with van der Waals surface area (Å²) in [5.74, 6) is -0.00950. The molecule has 1 aliphatic carbocycles. The van der Waals surface area contributed by atoms with Crippen LogP contribution in [0.25, 0.3) is 22.2 Å². The molecule has 1 fully saturated rings. The Kier molecular flexibility index (Phi) is 8.84. The highest BCUT2D eigenvalue weighted by Crippen LogP contribution is 2.34. The van der Waals surface area contributed by atoms with Gasteiger partial charge in [0.2, 0.25) is 11.9 Å². The van der Waals surface area contributed by atoms with Gasteiger partial charge in [0.25, 0.3) is 5.91 Å². The first kappa shape index (κ1) is 29.2. The molecule has 42 heavy (non-hydrogen) atoms. The van der Waals surface area contributed by atoms with Crippen LogP contribution in [0.15, 0.2) is 67.1 Å². The second kappa shape index (κ2) is 12.7. The van der Waals surface area contributed by atoms with Gasteiger partial charge in [0.05, 0.1) is 28.8 Å². The topological polar surface area (TPSA) is 128 Å². The van der Waals surface area contributed by atoms with Crippen molar-refractivity contribution in [2.75, 3.05) is 31.3 Å². The fourth-order valence-electron chi connectivity index (χ4n) is 5.29. The Hall–Kier alpha value is -4.28. The number of likely N-dealkylation sites (N-methyl/N-ethyl adjacent to an activating group) is 1. The molecule has 3 aromatic heterocycles. The van der Waals surface area contributed by atoms with E-state index in [2.05, 4.69) is 30.9 Å². The number of H-pyrrole nitrogens is 1. The summed E-state index contributed by atoms with van der Waals surface area (Å²) in [6, 6.07) is 11.4. The number of fused-ring (bicyclic) bond motifs is 1. The molecule has 5 rings (SSSR count). The fraction of sp³-hybridized carbons (Fsp3) is 0.323. The van der Waals surface area contributed by atoms with Crippen molar-refractivity contribution in [3.05, 3.63) is 77.9 Å². The molecule has 10 nitrogen and oxygen atoms in total. The molecule has 0 saturated heterocycles. The molecule has 0 bridgehead atoms. The van der Waals surface area contributed by atoms with E-state index in [1.54, 1.807) is 24.4 Å². The number of nitrogens with one attached hydrogen (secondary N) is 4. The minimum atomic E-state index is -0.440. The van der Waals surface area contributed by atoms with Crippen molar-refractivity contribution >= 4 is 46.0 Å². The Morgan fingerprint density at radius 1 is 1.17 bits per heavy atom. The maximum atomic E-state index is 13.1. The van der Waals surface area contributed by atoms with Gasteiger partial charge in [-0.15, -0.1) is 0 Å². The molecule has 0 spiro atoms. The lowest BCUT2D eigenvalue weighted by molar-refractivity contribution is -0.111. The summed E-state index contributed by atoms with van der Waals surface area (Å²) < 4.78 is 0. The number of nitrogens with zero attached hydrogens (tertiary/aromatic N) is 4. The van der Waals surface area contributed by atoms with E-state index < -0.39 is 5.54 Å². The summed E-state index contributed by atoms with van der Waals surface area (Å²) in [4.78, 5) is 43.9. The molecule has 1 aliphatic rings. The highest BCUT2D eigenvalue weighted by molar-refractivity contribution is 6.33. The predicted octanol–water partition coefficient (Wildman–Crippen LogP) is 5.27. The number of aromatic amines is 1. The largest absolute Gasteiger partial charge is 0.360 e. The molecule has 2 amide bonds. The van der Waals surface area contributed by atoms with Gasteiger partial charge in [-0.1, -0.05) is 35.9 Å². The number of para-hydroxylation sites is 1. The number of aromatic nitrogens is 4. The molecule has 1 aromatic carbocycles. The van der Waals surface area contributed by atoms with E-state index in [1.807, 2.05) is 56.4 Å². The van der Waals surface area contributed by atoms with Crippen molar-refractivity contribution in [3.63, 3.8) is 0 Å². The summed E-state index contributed by atoms with van der Waals surface area (Å²) in [5, 5.41) is 10.9. The second-order valence-corrected chi connectivity index (χ2v) is 11.6. The van der Waals surface area contributed by atoms with Crippen LogP contribution < -0.4 is 16.0 Å². The molecule has 11 heteroatoms. The van der Waals surface area contributed by atoms with Crippen molar-refractivity contribution in [1.82, 2.24) is 30.2 Å². The zero-order valence-corrected chi connectivity index (χ0v) is 24.7. The van der Waals surface area contributed by atoms with Crippen LogP contribution in [0.3, 0.4) is 0 Å². The first-order valence-electron chi connectivity index (χ1n) is 14.0. The number of hydrogen-bond donors (Lipinski definition) is 4. The highest BCUT2D eigenvalue weighted by Gasteiger charge is 2.34. The quantitative estimate of drug-likeness (QED) is 0.197. The molecule has 3 heterocycles. The summed E-state index contributed by atoms with van der Waals surface area (Å²) in [7, 11) is 3.85. The van der Waals surface area contributed by atoms with Crippen molar-refractivity contribution in [1.29, 1.82) is 0 Å². The molecule has 2 atom stereocenters. The summed E-state index contributed by atoms with van der Waals surface area (Å²) in [5.41, 5.74) is 2.96. The van der Waals surface area contributed by atoms with E-state index in [0.717, 1.165) is 35.7 Å². The first-order chi connectivity index (χ1) is 20.2. The molecule has 0 aliphatic heterocycles. The third-order valence-electron chi connectivity index (χ3n) is 7.32. The lowest BCUT2D eigenvalue weighted by Gasteiger charge is -2.39. The zero-order valence-electron chi connectivity index (χ0n) is 23.9. The van der Waals surface area contributed by atoms with E-state index >= 15 is 0 Å². The predicted molar refractivity (Wildman–Crippen MR) is 167 cm³/mol. The second-order valence-electron chi connectivity index (χ2n) is 11.2. The molecular weight excluding hydrogens is 552 g/mol. The zero-order chi connectivity index (χ0) is 29.7. The van der Waals surface area contributed by atoms with Gasteiger partial charge in [0.15, 0.2) is 0 Å². The minimum absolute atomic E-state index is 0.0622. The minimum Gasteiger partial charge on any atom is -0.360 e. The molecule has 218 valence electrons. The Balaban J connectivity index is 1.21. The van der Waals surface area contributed by atoms with Crippen molar-refractivity contribution in [2.45, 2.75) is 44.2 Å². The van der Waals surface area contributed by atoms with Gasteiger partial charge < -0.3 is 25.8 Å². The van der Waals surface area contributed by atoms with E-state index in [-0.39, 0.29) is 23.6 Å². The van der Waals surface area contributed by atoms with E-state index in [1.165, 1.54) is 12.3 Å². The standard InChI is InChI=1S/C31H35ClN8O2/c1-31(39-29(42)26-13-12-21(17-33-26)36-27(41)11-7-15-40(2)3)14-6-8-20(16-31)37-30-35-19-24(32)28(38-30)23-18-34-25-10-5-4-9-22(23)25/h4-5,7,9-13,17-20,34H,6,8,14-16H2,1-3H3,(H,36,41)(H,39,42)(H,35,37,38)/b11-7-/t20-,31-/m0/s1. The van der Waals surface area contributed by atoms with Gasteiger partial charge in [0, 0.05) is 46.9 Å². The van der Waals surface area contributed by atoms with Crippen LogP contribution in [-0.4, -0.2) is 68.9 Å². The Bertz CT molecular complexity index is 1600. The number of hydrogen-bond acceptors (Lipinski definition) is 7. The maximum absolute atomic E-state index is 13.1. The highest BCUT2D eigenvalue weighted by atomic mass is 35.5. The fourth-order valence-corrected chi connectivity index (χ4v) is 5.49. The van der Waals surface area contributed by atoms with Gasteiger partial charge in [0.1, 0.15) is 5.69 Å². The van der Waals surface area contributed by atoms with E-state index in [9.17, 15) is 9.59 Å². The van der Waals surface area contributed by atoms with Crippen molar-refractivity contribution in [3.8, 4) is 11.3 Å². The third kappa shape index (κ3) is 7.13. The maximum Gasteiger partial charge on any atom is 0.270 e. The van der Waals surface area contributed by atoms with Gasteiger partial charge >= 0.3 is 0 Å². The van der Waals surface area contributed by atoms with Crippen LogP contribution in [0, 0.1) is 0 Å². The van der Waals surface area contributed by atoms with Crippen LogP contribution in [0.1, 0.15) is 43.1 Å². The lowest BCUT2D eigenvalue weighted by Crippen LogP contribution is -2.51. The van der Waals surface area contributed by atoms with Crippen molar-refractivity contribution in [2.24, 2.45) is 0 Å².